The van der Waals surface area contributed by atoms with E-state index in [1.807, 2.05) is 42.5 Å². The van der Waals surface area contributed by atoms with Crippen LogP contribution in [0.1, 0.15) is 0 Å². The Hall–Kier alpha value is -2.44. The summed E-state index contributed by atoms with van der Waals surface area (Å²) in [6.07, 6.45) is 0. The van der Waals surface area contributed by atoms with Crippen molar-refractivity contribution in [2.75, 3.05) is 12.4 Å². The van der Waals surface area contributed by atoms with Crippen molar-refractivity contribution < 1.29 is 4.74 Å². The van der Waals surface area contributed by atoms with Gasteiger partial charge in [-0.25, -0.2) is 9.97 Å². The first-order valence-corrected chi connectivity index (χ1v) is 8.06. The SMILES string of the molecule is COc1ccc2nc(Nc3nc(Cl)nc4ccccc34)sc2c1. The van der Waals surface area contributed by atoms with Gasteiger partial charge in [0.2, 0.25) is 5.28 Å². The molecule has 0 saturated heterocycles. The van der Waals surface area contributed by atoms with Crippen LogP contribution in [0.2, 0.25) is 5.28 Å². The Morgan fingerprint density at radius 1 is 1.04 bits per heavy atom. The van der Waals surface area contributed by atoms with Crippen LogP contribution in [-0.2, 0) is 0 Å². The highest BCUT2D eigenvalue weighted by molar-refractivity contribution is 7.22. The highest BCUT2D eigenvalue weighted by atomic mass is 35.5. The van der Waals surface area contributed by atoms with E-state index in [0.717, 1.165) is 32.0 Å². The molecule has 0 aliphatic rings. The molecular weight excluding hydrogens is 332 g/mol. The van der Waals surface area contributed by atoms with Crippen molar-refractivity contribution >= 4 is 55.0 Å². The number of fused-ring (bicyclic) bond motifs is 2. The van der Waals surface area contributed by atoms with E-state index in [1.54, 1.807) is 7.11 Å². The molecule has 0 unspecified atom stereocenters. The normalized spacial score (nSPS) is 11.0. The van der Waals surface area contributed by atoms with Gasteiger partial charge in [0.15, 0.2) is 5.13 Å². The molecule has 0 fully saturated rings. The number of nitrogens with one attached hydrogen (secondary N) is 1. The largest absolute Gasteiger partial charge is 0.497 e. The molecule has 0 bridgehead atoms. The fraction of sp³-hybridized carbons (Fsp3) is 0.0625. The Morgan fingerprint density at radius 3 is 2.78 bits per heavy atom. The minimum atomic E-state index is 0.203. The van der Waals surface area contributed by atoms with Crippen LogP contribution in [0.5, 0.6) is 5.75 Å². The lowest BCUT2D eigenvalue weighted by Gasteiger charge is -2.06. The summed E-state index contributed by atoms with van der Waals surface area (Å²) in [5, 5.41) is 5.09. The lowest BCUT2D eigenvalue weighted by Crippen LogP contribution is -1.96. The standard InChI is InChI=1S/C16H11ClN4OS/c1-22-9-6-7-12-13(8-9)23-16(19-12)21-14-10-4-2-3-5-11(10)18-15(17)20-14/h2-8H,1H3,(H,18,19,20,21). The summed E-state index contributed by atoms with van der Waals surface area (Å²) in [5.74, 6) is 1.45. The molecule has 23 heavy (non-hydrogen) atoms. The molecule has 4 rings (SSSR count). The maximum Gasteiger partial charge on any atom is 0.224 e. The van der Waals surface area contributed by atoms with Gasteiger partial charge in [0.05, 0.1) is 22.8 Å². The zero-order valence-electron chi connectivity index (χ0n) is 12.1. The van der Waals surface area contributed by atoms with Crippen molar-refractivity contribution in [1.29, 1.82) is 0 Å². The van der Waals surface area contributed by atoms with Gasteiger partial charge in [0.25, 0.3) is 0 Å². The third-order valence-electron chi connectivity index (χ3n) is 3.40. The van der Waals surface area contributed by atoms with Crippen LogP contribution in [0.3, 0.4) is 0 Å². The number of benzene rings is 2. The predicted octanol–water partition coefficient (Wildman–Crippen LogP) is 4.65. The number of hydrogen-bond donors (Lipinski definition) is 1. The summed E-state index contributed by atoms with van der Waals surface area (Å²) in [5.41, 5.74) is 1.69. The van der Waals surface area contributed by atoms with Gasteiger partial charge in [0, 0.05) is 5.39 Å². The number of anilines is 2. The Morgan fingerprint density at radius 2 is 1.91 bits per heavy atom. The third kappa shape index (κ3) is 2.67. The van der Waals surface area contributed by atoms with Gasteiger partial charge < -0.3 is 10.1 Å². The molecule has 0 radical (unpaired) electrons. The Labute approximate surface area is 140 Å². The van der Waals surface area contributed by atoms with Gasteiger partial charge in [0.1, 0.15) is 11.6 Å². The van der Waals surface area contributed by atoms with Crippen molar-refractivity contribution in [2.24, 2.45) is 0 Å². The fourth-order valence-electron chi connectivity index (χ4n) is 2.33. The highest BCUT2D eigenvalue weighted by Crippen LogP contribution is 2.32. The minimum Gasteiger partial charge on any atom is -0.497 e. The number of methoxy groups -OCH3 is 1. The second-order valence-corrected chi connectivity index (χ2v) is 6.20. The number of para-hydroxylation sites is 1. The zero-order valence-corrected chi connectivity index (χ0v) is 13.6. The lowest BCUT2D eigenvalue weighted by atomic mass is 10.2. The van der Waals surface area contributed by atoms with Gasteiger partial charge in [-0.2, -0.15) is 4.98 Å². The first-order chi connectivity index (χ1) is 11.2. The molecule has 0 amide bonds. The number of hydrogen-bond acceptors (Lipinski definition) is 6. The van der Waals surface area contributed by atoms with E-state index in [4.69, 9.17) is 16.3 Å². The topological polar surface area (TPSA) is 59.9 Å². The molecule has 2 aromatic carbocycles. The number of aromatic nitrogens is 3. The Kier molecular flexibility index (Phi) is 3.48. The Bertz CT molecular complexity index is 1020. The van der Waals surface area contributed by atoms with Crippen LogP contribution in [0.25, 0.3) is 21.1 Å². The molecule has 0 spiro atoms. The molecule has 0 aliphatic heterocycles. The minimum absolute atomic E-state index is 0.203. The highest BCUT2D eigenvalue weighted by Gasteiger charge is 2.10. The average molecular weight is 343 g/mol. The molecule has 5 nitrogen and oxygen atoms in total. The van der Waals surface area contributed by atoms with Gasteiger partial charge in [-0.1, -0.05) is 23.5 Å². The van der Waals surface area contributed by atoms with Gasteiger partial charge in [-0.15, -0.1) is 0 Å². The van der Waals surface area contributed by atoms with Crippen LogP contribution in [-0.4, -0.2) is 22.1 Å². The molecule has 7 heteroatoms. The number of nitrogens with zero attached hydrogens (tertiary/aromatic N) is 3. The summed E-state index contributed by atoms with van der Waals surface area (Å²) >= 11 is 7.54. The van der Waals surface area contributed by atoms with Gasteiger partial charge in [-0.05, 0) is 41.9 Å². The van der Waals surface area contributed by atoms with Crippen LogP contribution in [0.4, 0.5) is 10.9 Å². The van der Waals surface area contributed by atoms with E-state index in [1.165, 1.54) is 11.3 Å². The molecule has 0 saturated carbocycles. The average Bonchev–Trinajstić information content (AvgIpc) is 2.95. The van der Waals surface area contributed by atoms with E-state index in [-0.39, 0.29) is 5.28 Å². The monoisotopic (exact) mass is 342 g/mol. The molecular formula is C16H11ClN4OS. The second kappa shape index (κ2) is 5.64. The van der Waals surface area contributed by atoms with Crippen molar-refractivity contribution in [3.8, 4) is 5.75 Å². The van der Waals surface area contributed by atoms with E-state index in [9.17, 15) is 0 Å². The number of rotatable bonds is 3. The molecule has 0 atom stereocenters. The fourth-order valence-corrected chi connectivity index (χ4v) is 3.40. The van der Waals surface area contributed by atoms with E-state index in [0.29, 0.717) is 5.82 Å². The molecule has 4 aromatic rings. The summed E-state index contributed by atoms with van der Waals surface area (Å²) in [7, 11) is 1.65. The zero-order chi connectivity index (χ0) is 15.8. The van der Waals surface area contributed by atoms with Crippen molar-refractivity contribution in [2.45, 2.75) is 0 Å². The number of halogens is 1. The van der Waals surface area contributed by atoms with E-state index in [2.05, 4.69) is 20.3 Å². The molecule has 1 N–H and O–H groups in total. The summed E-state index contributed by atoms with van der Waals surface area (Å²) in [6, 6.07) is 13.5. The molecule has 2 aromatic heterocycles. The molecule has 114 valence electrons. The van der Waals surface area contributed by atoms with Gasteiger partial charge in [-0.3, -0.25) is 0 Å². The summed E-state index contributed by atoms with van der Waals surface area (Å²) in [6.45, 7) is 0. The van der Waals surface area contributed by atoms with E-state index < -0.39 is 0 Å². The van der Waals surface area contributed by atoms with Crippen LogP contribution < -0.4 is 10.1 Å². The lowest BCUT2D eigenvalue weighted by molar-refractivity contribution is 0.415. The summed E-state index contributed by atoms with van der Waals surface area (Å²) in [4.78, 5) is 13.1. The van der Waals surface area contributed by atoms with Crippen LogP contribution in [0, 0.1) is 0 Å². The third-order valence-corrected chi connectivity index (χ3v) is 4.50. The van der Waals surface area contributed by atoms with Gasteiger partial charge >= 0.3 is 0 Å². The van der Waals surface area contributed by atoms with Crippen molar-refractivity contribution in [1.82, 2.24) is 15.0 Å². The van der Waals surface area contributed by atoms with Crippen molar-refractivity contribution in [3.63, 3.8) is 0 Å². The first-order valence-electron chi connectivity index (χ1n) is 6.87. The molecule has 0 aliphatic carbocycles. The molecule has 2 heterocycles. The number of thiazole rings is 1. The second-order valence-electron chi connectivity index (χ2n) is 4.84. The summed E-state index contributed by atoms with van der Waals surface area (Å²) < 4.78 is 6.28. The first kappa shape index (κ1) is 14.2. The number of ether oxygens (including phenoxy) is 1. The van der Waals surface area contributed by atoms with E-state index >= 15 is 0 Å². The van der Waals surface area contributed by atoms with Crippen molar-refractivity contribution in [3.05, 3.63) is 47.7 Å². The van der Waals surface area contributed by atoms with Crippen LogP contribution >= 0.6 is 22.9 Å². The smallest absolute Gasteiger partial charge is 0.224 e. The predicted molar refractivity (Wildman–Crippen MR) is 94.0 cm³/mol. The maximum absolute atomic E-state index is 6.01. The Balaban J connectivity index is 1.78. The quantitative estimate of drug-likeness (QED) is 0.549. The van der Waals surface area contributed by atoms with Crippen LogP contribution in [0.15, 0.2) is 42.5 Å². The maximum atomic E-state index is 6.01.